The summed E-state index contributed by atoms with van der Waals surface area (Å²) in [7, 11) is 1.20. The van der Waals surface area contributed by atoms with E-state index in [2.05, 4.69) is 21.2 Å². The normalized spacial score (nSPS) is 16.1. The summed E-state index contributed by atoms with van der Waals surface area (Å²) in [5.41, 5.74) is -0.324. The topological polar surface area (TPSA) is 63.2 Å². The third-order valence-electron chi connectivity index (χ3n) is 3.55. The molecule has 0 bridgehead atoms. The summed E-state index contributed by atoms with van der Waals surface area (Å²) >= 11 is 2.92. The molecule has 1 fully saturated rings. The molecule has 8 heteroatoms. The van der Waals surface area contributed by atoms with E-state index in [4.69, 9.17) is 10.7 Å². The summed E-state index contributed by atoms with van der Waals surface area (Å²) in [6, 6.07) is 1.88. The van der Waals surface area contributed by atoms with Gasteiger partial charge in [0.2, 0.25) is 0 Å². The second-order valence-electron chi connectivity index (χ2n) is 5.06. The first-order valence-electron chi connectivity index (χ1n) is 6.51. The maximum atomic E-state index is 13.8. The van der Waals surface area contributed by atoms with Crippen LogP contribution in [0.4, 0.5) is 4.39 Å². The molecule has 4 nitrogen and oxygen atoms in total. The van der Waals surface area contributed by atoms with Crippen molar-refractivity contribution >= 4 is 41.6 Å². The monoisotopic (exact) mass is 397 g/mol. The average molecular weight is 399 g/mol. The lowest BCUT2D eigenvalue weighted by Crippen LogP contribution is -2.29. The van der Waals surface area contributed by atoms with E-state index in [9.17, 15) is 17.6 Å². The first-order valence-corrected chi connectivity index (χ1v) is 9.61. The average Bonchev–Trinajstić information content (AvgIpc) is 2.87. The van der Waals surface area contributed by atoms with Crippen LogP contribution in [0.5, 0.6) is 0 Å². The van der Waals surface area contributed by atoms with Gasteiger partial charge in [-0.2, -0.15) is 0 Å². The standard InChI is InChI=1S/C13H14BrClFNO3S/c14-10-6-11(16)9(5-12(10)21(15,19)20)13(18)17-7-8-3-1-2-4-8/h5-6,8H,1-4,7H2,(H,17,18). The molecule has 1 aromatic carbocycles. The first-order chi connectivity index (χ1) is 9.79. The molecule has 0 aliphatic heterocycles. The molecule has 0 heterocycles. The van der Waals surface area contributed by atoms with E-state index >= 15 is 0 Å². The molecule has 0 radical (unpaired) electrons. The predicted octanol–water partition coefficient (Wildman–Crippen LogP) is 3.44. The zero-order valence-corrected chi connectivity index (χ0v) is 14.2. The third kappa shape index (κ3) is 4.17. The minimum absolute atomic E-state index is 0.0117. The van der Waals surface area contributed by atoms with Crippen LogP contribution in [0.2, 0.25) is 0 Å². The summed E-state index contributed by atoms with van der Waals surface area (Å²) in [6.07, 6.45) is 4.37. The maximum absolute atomic E-state index is 13.8. The Morgan fingerprint density at radius 3 is 2.57 bits per heavy atom. The van der Waals surface area contributed by atoms with Crippen LogP contribution in [0.3, 0.4) is 0 Å². The Morgan fingerprint density at radius 2 is 2.00 bits per heavy atom. The van der Waals surface area contributed by atoms with Crippen LogP contribution in [0, 0.1) is 11.7 Å². The zero-order chi connectivity index (χ0) is 15.6. The molecule has 0 spiro atoms. The number of nitrogens with one attached hydrogen (secondary N) is 1. The first kappa shape index (κ1) is 16.7. The van der Waals surface area contributed by atoms with Crippen molar-refractivity contribution in [1.29, 1.82) is 0 Å². The molecule has 0 unspecified atom stereocenters. The van der Waals surface area contributed by atoms with E-state index in [1.54, 1.807) is 0 Å². The van der Waals surface area contributed by atoms with Crippen LogP contribution in [-0.4, -0.2) is 20.9 Å². The lowest BCUT2D eigenvalue weighted by Gasteiger charge is -2.12. The summed E-state index contributed by atoms with van der Waals surface area (Å²) < 4.78 is 36.6. The highest BCUT2D eigenvalue weighted by Gasteiger charge is 2.22. The minimum Gasteiger partial charge on any atom is -0.352 e. The summed E-state index contributed by atoms with van der Waals surface area (Å²) in [5.74, 6) is -1.02. The number of carbonyl (C=O) groups is 1. The fourth-order valence-electron chi connectivity index (χ4n) is 2.44. The molecule has 0 atom stereocenters. The van der Waals surface area contributed by atoms with Gasteiger partial charge >= 0.3 is 0 Å². The molecule has 1 N–H and O–H groups in total. The lowest BCUT2D eigenvalue weighted by atomic mass is 10.1. The van der Waals surface area contributed by atoms with Crippen molar-refractivity contribution in [2.75, 3.05) is 6.54 Å². The van der Waals surface area contributed by atoms with E-state index in [1.165, 1.54) is 0 Å². The van der Waals surface area contributed by atoms with E-state index in [0.29, 0.717) is 12.5 Å². The molecule has 116 valence electrons. The molecule has 1 saturated carbocycles. The van der Waals surface area contributed by atoms with Crippen LogP contribution < -0.4 is 5.32 Å². The Morgan fingerprint density at radius 1 is 1.38 bits per heavy atom. The molecule has 1 amide bonds. The van der Waals surface area contributed by atoms with Gasteiger partial charge in [0.1, 0.15) is 5.82 Å². The molecule has 0 saturated heterocycles. The van der Waals surface area contributed by atoms with Gasteiger partial charge in [-0.05, 0) is 46.8 Å². The van der Waals surface area contributed by atoms with Crippen molar-refractivity contribution in [2.24, 2.45) is 5.92 Å². The van der Waals surface area contributed by atoms with Crippen LogP contribution in [0.1, 0.15) is 36.0 Å². The fraction of sp³-hybridized carbons (Fsp3) is 0.462. The minimum atomic E-state index is -4.06. The summed E-state index contributed by atoms with van der Waals surface area (Å²) in [5, 5.41) is 2.65. The van der Waals surface area contributed by atoms with E-state index in [-0.39, 0.29) is 14.9 Å². The van der Waals surface area contributed by atoms with Gasteiger partial charge in [-0.1, -0.05) is 12.8 Å². The Balaban J connectivity index is 2.20. The van der Waals surface area contributed by atoms with Gasteiger partial charge in [0.15, 0.2) is 0 Å². The highest BCUT2D eigenvalue weighted by atomic mass is 79.9. The number of rotatable bonds is 4. The number of amides is 1. The largest absolute Gasteiger partial charge is 0.352 e. The van der Waals surface area contributed by atoms with E-state index in [0.717, 1.165) is 37.8 Å². The molecule has 1 aromatic rings. The SMILES string of the molecule is O=C(NCC1CCCC1)c1cc(S(=O)(=O)Cl)c(Br)cc1F. The number of benzene rings is 1. The second-order valence-corrected chi connectivity index (χ2v) is 8.45. The van der Waals surface area contributed by atoms with Crippen molar-refractivity contribution in [3.63, 3.8) is 0 Å². The van der Waals surface area contributed by atoms with Crippen LogP contribution >= 0.6 is 26.6 Å². The van der Waals surface area contributed by atoms with Crippen molar-refractivity contribution in [1.82, 2.24) is 5.32 Å². The smallest absolute Gasteiger partial charge is 0.262 e. The number of hydrogen-bond acceptors (Lipinski definition) is 3. The van der Waals surface area contributed by atoms with E-state index in [1.807, 2.05) is 0 Å². The lowest BCUT2D eigenvalue weighted by molar-refractivity contribution is 0.0943. The molecular formula is C13H14BrClFNO3S. The van der Waals surface area contributed by atoms with Gasteiger partial charge in [0.05, 0.1) is 10.5 Å². The molecule has 1 aliphatic carbocycles. The Kier molecular flexibility index (Phi) is 5.27. The van der Waals surface area contributed by atoms with Gasteiger partial charge in [0, 0.05) is 21.7 Å². The van der Waals surface area contributed by atoms with Crippen LogP contribution in [0.25, 0.3) is 0 Å². The van der Waals surface area contributed by atoms with Crippen LogP contribution in [0.15, 0.2) is 21.5 Å². The number of halogens is 3. The van der Waals surface area contributed by atoms with Gasteiger partial charge in [-0.25, -0.2) is 12.8 Å². The zero-order valence-electron chi connectivity index (χ0n) is 11.0. The van der Waals surface area contributed by atoms with Gasteiger partial charge in [-0.15, -0.1) is 0 Å². The molecule has 2 rings (SSSR count). The number of hydrogen-bond donors (Lipinski definition) is 1. The molecule has 21 heavy (non-hydrogen) atoms. The molecule has 0 aromatic heterocycles. The maximum Gasteiger partial charge on any atom is 0.262 e. The number of carbonyl (C=O) groups excluding carboxylic acids is 1. The molecular weight excluding hydrogens is 385 g/mol. The second kappa shape index (κ2) is 6.62. The van der Waals surface area contributed by atoms with Gasteiger partial charge in [0.25, 0.3) is 15.0 Å². The predicted molar refractivity (Wildman–Crippen MR) is 81.4 cm³/mol. The Hall–Kier alpha value is -0.660. The highest BCUT2D eigenvalue weighted by Crippen LogP contribution is 2.28. The van der Waals surface area contributed by atoms with E-state index < -0.39 is 20.8 Å². The van der Waals surface area contributed by atoms with Crippen molar-refractivity contribution in [2.45, 2.75) is 30.6 Å². The Labute approximate surface area is 135 Å². The quantitative estimate of drug-likeness (QED) is 0.790. The van der Waals surface area contributed by atoms with Crippen molar-refractivity contribution in [3.8, 4) is 0 Å². The van der Waals surface area contributed by atoms with Gasteiger partial charge in [-0.3, -0.25) is 4.79 Å². The Bertz CT molecular complexity index is 660. The van der Waals surface area contributed by atoms with Crippen molar-refractivity contribution in [3.05, 3.63) is 28.0 Å². The summed E-state index contributed by atoms with van der Waals surface area (Å²) in [6.45, 7) is 0.470. The fourth-order valence-corrected chi connectivity index (χ4v) is 4.60. The van der Waals surface area contributed by atoms with Crippen molar-refractivity contribution < 1.29 is 17.6 Å². The van der Waals surface area contributed by atoms with Crippen LogP contribution in [-0.2, 0) is 9.05 Å². The third-order valence-corrected chi connectivity index (χ3v) is 5.84. The summed E-state index contributed by atoms with van der Waals surface area (Å²) in [4.78, 5) is 11.7. The molecule has 1 aliphatic rings. The highest BCUT2D eigenvalue weighted by molar-refractivity contribution is 9.10. The van der Waals surface area contributed by atoms with Gasteiger partial charge < -0.3 is 5.32 Å².